The van der Waals surface area contributed by atoms with E-state index in [0.29, 0.717) is 6.54 Å². The van der Waals surface area contributed by atoms with Crippen LogP contribution >= 0.6 is 0 Å². The fourth-order valence-corrected chi connectivity index (χ4v) is 1.13. The third-order valence-corrected chi connectivity index (χ3v) is 1.93. The van der Waals surface area contributed by atoms with E-state index in [1.807, 2.05) is 24.3 Å². The molecule has 1 aromatic carbocycles. The van der Waals surface area contributed by atoms with Crippen LogP contribution in [0.4, 0.5) is 0 Å². The number of hydrogen-bond donors (Lipinski definition) is 2. The van der Waals surface area contributed by atoms with E-state index < -0.39 is 6.17 Å². The molecule has 5 heteroatoms. The predicted octanol–water partition coefficient (Wildman–Crippen LogP) is 1.46. The van der Waals surface area contributed by atoms with Crippen molar-refractivity contribution in [3.8, 4) is 0 Å². The Morgan fingerprint density at radius 1 is 1.29 bits per heavy atom. The zero-order valence-corrected chi connectivity index (χ0v) is 7.80. The topological polar surface area (TPSA) is 101 Å². The molecule has 0 radical (unpaired) electrons. The van der Waals surface area contributed by atoms with Crippen molar-refractivity contribution in [2.75, 3.05) is 6.54 Å². The number of azide groups is 1. The lowest BCUT2D eigenvalue weighted by atomic mass is 10.1. The number of benzene rings is 1. The van der Waals surface area contributed by atoms with Gasteiger partial charge in [0.2, 0.25) is 0 Å². The van der Waals surface area contributed by atoms with Gasteiger partial charge in [-0.15, -0.1) is 0 Å². The van der Waals surface area contributed by atoms with E-state index in [9.17, 15) is 0 Å². The van der Waals surface area contributed by atoms with Crippen molar-refractivity contribution in [3.63, 3.8) is 0 Å². The molecule has 0 bridgehead atoms. The first kappa shape index (κ1) is 10.5. The summed E-state index contributed by atoms with van der Waals surface area (Å²) in [7, 11) is 0. The van der Waals surface area contributed by atoms with Crippen molar-refractivity contribution >= 4 is 0 Å². The van der Waals surface area contributed by atoms with Crippen LogP contribution in [0.3, 0.4) is 0 Å². The maximum Gasteiger partial charge on any atom is 0.0784 e. The minimum atomic E-state index is -0.429. The summed E-state index contributed by atoms with van der Waals surface area (Å²) in [4.78, 5) is 2.68. The van der Waals surface area contributed by atoms with Crippen LogP contribution in [0, 0.1) is 0 Å². The molecule has 1 aromatic rings. The van der Waals surface area contributed by atoms with Gasteiger partial charge in [-0.2, -0.15) is 0 Å². The largest absolute Gasteiger partial charge is 0.312 e. The summed E-state index contributed by atoms with van der Waals surface area (Å²) < 4.78 is 0. The van der Waals surface area contributed by atoms with Crippen molar-refractivity contribution in [2.45, 2.75) is 12.6 Å². The third kappa shape index (κ3) is 3.06. The van der Waals surface area contributed by atoms with Crippen LogP contribution in [-0.2, 0) is 6.42 Å². The molecule has 1 rings (SSSR count). The van der Waals surface area contributed by atoms with Gasteiger partial charge in [-0.25, -0.2) is 0 Å². The summed E-state index contributed by atoms with van der Waals surface area (Å²) in [6.07, 6.45) is 0.311. The number of hydrogen-bond acceptors (Lipinski definition) is 3. The maximum atomic E-state index is 8.09. The first-order chi connectivity index (χ1) is 6.74. The molecule has 0 saturated heterocycles. The van der Waals surface area contributed by atoms with E-state index >= 15 is 0 Å². The molecule has 0 heterocycles. The molecule has 4 N–H and O–H groups in total. The quantitative estimate of drug-likeness (QED) is 0.325. The lowest BCUT2D eigenvalue weighted by Gasteiger charge is -2.05. The molecule has 74 valence electrons. The van der Waals surface area contributed by atoms with Crippen LogP contribution in [-0.4, -0.2) is 6.54 Å². The summed E-state index contributed by atoms with van der Waals surface area (Å²) in [6, 6.07) is 7.65. The van der Waals surface area contributed by atoms with Crippen LogP contribution in [0.2, 0.25) is 0 Å². The standard InChI is InChI=1S/C9H13N5/c10-9(11)8-3-1-7(2-4-8)5-6-13-14-12/h1-4,9H,5-6,10-11H2. The second-order valence-corrected chi connectivity index (χ2v) is 2.97. The summed E-state index contributed by atoms with van der Waals surface area (Å²) in [5, 5.41) is 3.46. The van der Waals surface area contributed by atoms with Gasteiger partial charge in [-0.1, -0.05) is 29.4 Å². The lowest BCUT2D eigenvalue weighted by Crippen LogP contribution is -2.19. The van der Waals surface area contributed by atoms with Gasteiger partial charge in [0.25, 0.3) is 0 Å². The van der Waals surface area contributed by atoms with E-state index in [-0.39, 0.29) is 0 Å². The Labute approximate surface area is 82.3 Å². The van der Waals surface area contributed by atoms with Crippen molar-refractivity contribution in [2.24, 2.45) is 16.6 Å². The maximum absolute atomic E-state index is 8.09. The van der Waals surface area contributed by atoms with E-state index in [1.54, 1.807) is 0 Å². The van der Waals surface area contributed by atoms with Crippen LogP contribution in [0.1, 0.15) is 17.3 Å². The number of nitrogens with zero attached hydrogens (tertiary/aromatic N) is 3. The molecule has 0 spiro atoms. The van der Waals surface area contributed by atoms with E-state index in [2.05, 4.69) is 10.0 Å². The average Bonchev–Trinajstić information content (AvgIpc) is 2.19. The highest BCUT2D eigenvalue weighted by molar-refractivity contribution is 5.24. The van der Waals surface area contributed by atoms with Gasteiger partial charge in [0.1, 0.15) is 0 Å². The first-order valence-corrected chi connectivity index (χ1v) is 4.35. The first-order valence-electron chi connectivity index (χ1n) is 4.35. The normalized spacial score (nSPS) is 9.93. The van der Waals surface area contributed by atoms with Crippen LogP contribution < -0.4 is 11.5 Å². The molecule has 0 fully saturated rings. The SMILES string of the molecule is [N-]=[N+]=NCCc1ccc(C(N)N)cc1. The van der Waals surface area contributed by atoms with E-state index in [1.165, 1.54) is 0 Å². The Morgan fingerprint density at radius 2 is 1.93 bits per heavy atom. The molecule has 0 aliphatic rings. The Hall–Kier alpha value is -1.55. The van der Waals surface area contributed by atoms with Gasteiger partial charge in [-0.3, -0.25) is 0 Å². The van der Waals surface area contributed by atoms with Gasteiger partial charge >= 0.3 is 0 Å². The van der Waals surface area contributed by atoms with Gasteiger partial charge in [-0.05, 0) is 23.1 Å². The summed E-state index contributed by atoms with van der Waals surface area (Å²) >= 11 is 0. The zero-order valence-electron chi connectivity index (χ0n) is 7.80. The second kappa shape index (κ2) is 5.24. The Balaban J connectivity index is 2.59. The smallest absolute Gasteiger partial charge is 0.0784 e. The van der Waals surface area contributed by atoms with Gasteiger partial charge < -0.3 is 11.5 Å². The Morgan fingerprint density at radius 3 is 2.43 bits per heavy atom. The molecule has 0 amide bonds. The van der Waals surface area contributed by atoms with E-state index in [4.69, 9.17) is 17.0 Å². The molecule has 0 aromatic heterocycles. The highest BCUT2D eigenvalue weighted by Gasteiger charge is 1.98. The molecule has 0 atom stereocenters. The number of rotatable bonds is 4. The monoisotopic (exact) mass is 191 g/mol. The molecule has 0 aliphatic heterocycles. The van der Waals surface area contributed by atoms with Gasteiger partial charge in [0.15, 0.2) is 0 Å². The fourth-order valence-electron chi connectivity index (χ4n) is 1.13. The Bertz CT molecular complexity index is 324. The van der Waals surface area contributed by atoms with Crippen molar-refractivity contribution in [3.05, 3.63) is 45.8 Å². The molecule has 14 heavy (non-hydrogen) atoms. The van der Waals surface area contributed by atoms with Crippen molar-refractivity contribution in [1.82, 2.24) is 0 Å². The van der Waals surface area contributed by atoms with Crippen molar-refractivity contribution < 1.29 is 0 Å². The summed E-state index contributed by atoms with van der Waals surface area (Å²) in [5.74, 6) is 0. The highest BCUT2D eigenvalue weighted by Crippen LogP contribution is 2.08. The molecule has 0 unspecified atom stereocenters. The number of nitrogens with two attached hydrogens (primary N) is 2. The minimum absolute atomic E-state index is 0.429. The third-order valence-electron chi connectivity index (χ3n) is 1.93. The van der Waals surface area contributed by atoms with Gasteiger partial charge in [0.05, 0.1) is 6.17 Å². The van der Waals surface area contributed by atoms with E-state index in [0.717, 1.165) is 17.5 Å². The molecular formula is C9H13N5. The zero-order chi connectivity index (χ0) is 10.4. The molecule has 5 nitrogen and oxygen atoms in total. The second-order valence-electron chi connectivity index (χ2n) is 2.97. The van der Waals surface area contributed by atoms with Crippen LogP contribution in [0.25, 0.3) is 10.4 Å². The summed E-state index contributed by atoms with van der Waals surface area (Å²) in [5.41, 5.74) is 21.1. The lowest BCUT2D eigenvalue weighted by molar-refractivity contribution is 0.772. The van der Waals surface area contributed by atoms with Gasteiger partial charge in [0, 0.05) is 11.5 Å². The molecule has 0 aliphatic carbocycles. The predicted molar refractivity (Wildman–Crippen MR) is 55.3 cm³/mol. The fraction of sp³-hybridized carbons (Fsp3) is 0.333. The molecular weight excluding hydrogens is 178 g/mol. The average molecular weight is 191 g/mol. The minimum Gasteiger partial charge on any atom is -0.312 e. The summed E-state index contributed by atoms with van der Waals surface area (Å²) in [6.45, 7) is 0.477. The van der Waals surface area contributed by atoms with Crippen LogP contribution in [0.15, 0.2) is 29.4 Å². The van der Waals surface area contributed by atoms with Crippen LogP contribution in [0.5, 0.6) is 0 Å². The van der Waals surface area contributed by atoms with Crippen molar-refractivity contribution in [1.29, 1.82) is 0 Å². The Kier molecular flexibility index (Phi) is 3.94. The molecule has 0 saturated carbocycles. The highest BCUT2D eigenvalue weighted by atomic mass is 15.1.